The normalized spacial score (nSPS) is 11.4. The SMILES string of the molecule is CC(C)Oc1c(Br)cc(CNCc2nc3ccccc3[nH]2)cc1Br. The Morgan fingerprint density at radius 1 is 1.12 bits per heavy atom. The summed E-state index contributed by atoms with van der Waals surface area (Å²) in [6.07, 6.45) is 0.134. The lowest BCUT2D eigenvalue weighted by molar-refractivity contribution is 0.239. The van der Waals surface area contributed by atoms with Crippen LogP contribution in [0.15, 0.2) is 45.3 Å². The summed E-state index contributed by atoms with van der Waals surface area (Å²) in [6.45, 7) is 5.47. The van der Waals surface area contributed by atoms with Gasteiger partial charge in [0.25, 0.3) is 0 Å². The van der Waals surface area contributed by atoms with Crippen molar-refractivity contribution in [1.29, 1.82) is 0 Å². The maximum absolute atomic E-state index is 5.81. The minimum atomic E-state index is 0.134. The molecule has 0 atom stereocenters. The molecule has 0 unspecified atom stereocenters. The number of imidazole rings is 1. The summed E-state index contributed by atoms with van der Waals surface area (Å²) in [6, 6.07) is 12.2. The zero-order valence-corrected chi connectivity index (χ0v) is 16.7. The average molecular weight is 453 g/mol. The van der Waals surface area contributed by atoms with Crippen molar-refractivity contribution in [2.75, 3.05) is 0 Å². The van der Waals surface area contributed by atoms with Gasteiger partial charge in [0, 0.05) is 6.54 Å². The maximum Gasteiger partial charge on any atom is 0.148 e. The Kier molecular flexibility index (Phi) is 5.58. The first-order valence-electron chi connectivity index (χ1n) is 7.82. The van der Waals surface area contributed by atoms with E-state index in [2.05, 4.69) is 59.3 Å². The Hall–Kier alpha value is -1.37. The lowest BCUT2D eigenvalue weighted by Gasteiger charge is -2.15. The Balaban J connectivity index is 1.64. The fourth-order valence-corrected chi connectivity index (χ4v) is 3.95. The first-order chi connectivity index (χ1) is 11.5. The van der Waals surface area contributed by atoms with Crippen molar-refractivity contribution in [3.05, 3.63) is 56.7 Å². The van der Waals surface area contributed by atoms with Crippen LogP contribution in [0.3, 0.4) is 0 Å². The molecule has 6 heteroatoms. The van der Waals surface area contributed by atoms with Crippen LogP contribution in [0.1, 0.15) is 25.2 Å². The third-order valence-corrected chi connectivity index (χ3v) is 4.65. The fraction of sp³-hybridized carbons (Fsp3) is 0.278. The van der Waals surface area contributed by atoms with Gasteiger partial charge in [0.05, 0.1) is 32.6 Å². The predicted octanol–water partition coefficient (Wildman–Crippen LogP) is 5.16. The highest BCUT2D eigenvalue weighted by Crippen LogP contribution is 2.35. The van der Waals surface area contributed by atoms with Crippen molar-refractivity contribution < 1.29 is 4.74 Å². The van der Waals surface area contributed by atoms with Gasteiger partial charge in [0.15, 0.2) is 0 Å². The molecule has 0 amide bonds. The number of nitrogens with zero attached hydrogens (tertiary/aromatic N) is 1. The molecule has 0 aliphatic heterocycles. The van der Waals surface area contributed by atoms with Gasteiger partial charge in [0.1, 0.15) is 11.6 Å². The van der Waals surface area contributed by atoms with E-state index in [0.717, 1.165) is 38.1 Å². The Morgan fingerprint density at radius 3 is 2.50 bits per heavy atom. The van der Waals surface area contributed by atoms with Crippen molar-refractivity contribution in [3.8, 4) is 5.75 Å². The molecule has 1 heterocycles. The summed E-state index contributed by atoms with van der Waals surface area (Å²) in [5.41, 5.74) is 3.23. The second kappa shape index (κ2) is 7.68. The molecular weight excluding hydrogens is 434 g/mol. The minimum Gasteiger partial charge on any atom is -0.489 e. The number of aromatic nitrogens is 2. The van der Waals surface area contributed by atoms with Gasteiger partial charge in [-0.05, 0) is 75.5 Å². The van der Waals surface area contributed by atoms with E-state index in [4.69, 9.17) is 4.74 Å². The van der Waals surface area contributed by atoms with Crippen LogP contribution in [-0.2, 0) is 13.1 Å². The molecule has 3 aromatic rings. The van der Waals surface area contributed by atoms with E-state index < -0.39 is 0 Å². The molecule has 2 aromatic carbocycles. The van der Waals surface area contributed by atoms with E-state index in [9.17, 15) is 0 Å². The standard InChI is InChI=1S/C18H19Br2N3O/c1-11(2)24-18-13(19)7-12(8-14(18)20)9-21-10-17-22-15-5-3-4-6-16(15)23-17/h3-8,11,21H,9-10H2,1-2H3,(H,22,23). The van der Waals surface area contributed by atoms with Gasteiger partial charge in [-0.3, -0.25) is 0 Å². The largest absolute Gasteiger partial charge is 0.489 e. The molecule has 126 valence electrons. The molecule has 0 saturated carbocycles. The van der Waals surface area contributed by atoms with Crippen LogP contribution >= 0.6 is 31.9 Å². The summed E-state index contributed by atoms with van der Waals surface area (Å²) in [5, 5.41) is 3.42. The van der Waals surface area contributed by atoms with Gasteiger partial charge in [-0.15, -0.1) is 0 Å². The van der Waals surface area contributed by atoms with E-state index in [1.54, 1.807) is 0 Å². The average Bonchev–Trinajstić information content (AvgIpc) is 2.93. The number of rotatable bonds is 6. The van der Waals surface area contributed by atoms with Gasteiger partial charge >= 0.3 is 0 Å². The lowest BCUT2D eigenvalue weighted by Crippen LogP contribution is -2.14. The topological polar surface area (TPSA) is 49.9 Å². The van der Waals surface area contributed by atoms with Crippen LogP contribution < -0.4 is 10.1 Å². The smallest absolute Gasteiger partial charge is 0.148 e. The lowest BCUT2D eigenvalue weighted by atomic mass is 10.2. The molecule has 1 aromatic heterocycles. The van der Waals surface area contributed by atoms with Gasteiger partial charge in [-0.25, -0.2) is 4.98 Å². The van der Waals surface area contributed by atoms with Crippen molar-refractivity contribution in [3.63, 3.8) is 0 Å². The number of hydrogen-bond donors (Lipinski definition) is 2. The van der Waals surface area contributed by atoms with E-state index in [-0.39, 0.29) is 6.10 Å². The maximum atomic E-state index is 5.81. The van der Waals surface area contributed by atoms with E-state index in [0.29, 0.717) is 6.54 Å². The summed E-state index contributed by atoms with van der Waals surface area (Å²) in [4.78, 5) is 7.89. The fourth-order valence-electron chi connectivity index (χ4n) is 2.48. The van der Waals surface area contributed by atoms with Crippen molar-refractivity contribution in [1.82, 2.24) is 15.3 Å². The van der Waals surface area contributed by atoms with E-state index in [1.807, 2.05) is 38.1 Å². The number of benzene rings is 2. The molecule has 0 radical (unpaired) electrons. The van der Waals surface area contributed by atoms with Crippen LogP contribution in [0.2, 0.25) is 0 Å². The van der Waals surface area contributed by atoms with Crippen molar-refractivity contribution in [2.45, 2.75) is 33.0 Å². The zero-order valence-electron chi connectivity index (χ0n) is 13.6. The highest BCUT2D eigenvalue weighted by atomic mass is 79.9. The number of hydrogen-bond acceptors (Lipinski definition) is 3. The summed E-state index contributed by atoms with van der Waals surface area (Å²) in [7, 11) is 0. The Labute approximate surface area is 158 Å². The molecule has 4 nitrogen and oxygen atoms in total. The quantitative estimate of drug-likeness (QED) is 0.542. The summed E-state index contributed by atoms with van der Waals surface area (Å²) in [5.74, 6) is 1.78. The molecule has 0 aliphatic carbocycles. The first kappa shape index (κ1) is 17.5. The van der Waals surface area contributed by atoms with Gasteiger partial charge in [-0.2, -0.15) is 0 Å². The highest BCUT2D eigenvalue weighted by Gasteiger charge is 2.10. The third-order valence-electron chi connectivity index (χ3n) is 3.47. The molecule has 24 heavy (non-hydrogen) atoms. The van der Waals surface area contributed by atoms with Gasteiger partial charge < -0.3 is 15.0 Å². The third kappa shape index (κ3) is 4.18. The number of ether oxygens (including phenoxy) is 1. The van der Waals surface area contributed by atoms with Crippen LogP contribution in [0.25, 0.3) is 11.0 Å². The molecule has 2 N–H and O–H groups in total. The molecule has 0 aliphatic rings. The zero-order chi connectivity index (χ0) is 17.1. The van der Waals surface area contributed by atoms with Gasteiger partial charge in [0.2, 0.25) is 0 Å². The second-order valence-corrected chi connectivity index (χ2v) is 7.57. The Morgan fingerprint density at radius 2 is 1.83 bits per heavy atom. The van der Waals surface area contributed by atoms with Crippen molar-refractivity contribution in [2.24, 2.45) is 0 Å². The van der Waals surface area contributed by atoms with Crippen LogP contribution in [0, 0.1) is 0 Å². The molecule has 0 bridgehead atoms. The Bertz CT molecular complexity index is 789. The van der Waals surface area contributed by atoms with Gasteiger partial charge in [-0.1, -0.05) is 12.1 Å². The number of para-hydroxylation sites is 2. The van der Waals surface area contributed by atoms with Crippen LogP contribution in [0.4, 0.5) is 0 Å². The summed E-state index contributed by atoms with van der Waals surface area (Å²) >= 11 is 7.17. The molecule has 3 rings (SSSR count). The second-order valence-electron chi connectivity index (χ2n) is 5.86. The number of fused-ring (bicyclic) bond motifs is 1. The minimum absolute atomic E-state index is 0.134. The van der Waals surface area contributed by atoms with Crippen LogP contribution in [0.5, 0.6) is 5.75 Å². The number of halogens is 2. The first-order valence-corrected chi connectivity index (χ1v) is 9.40. The predicted molar refractivity (Wildman–Crippen MR) is 104 cm³/mol. The molecule has 0 spiro atoms. The highest BCUT2D eigenvalue weighted by molar-refractivity contribution is 9.11. The molecule has 0 saturated heterocycles. The summed E-state index contributed by atoms with van der Waals surface area (Å²) < 4.78 is 7.71. The number of H-pyrrole nitrogens is 1. The van der Waals surface area contributed by atoms with Crippen LogP contribution in [-0.4, -0.2) is 16.1 Å². The van der Waals surface area contributed by atoms with E-state index in [1.165, 1.54) is 5.56 Å². The van der Waals surface area contributed by atoms with Crippen molar-refractivity contribution >= 4 is 42.9 Å². The number of nitrogens with one attached hydrogen (secondary N) is 2. The number of aromatic amines is 1. The molecular formula is C18H19Br2N3O. The van der Waals surface area contributed by atoms with E-state index >= 15 is 0 Å². The molecule has 0 fully saturated rings. The monoisotopic (exact) mass is 451 g/mol.